The summed E-state index contributed by atoms with van der Waals surface area (Å²) < 4.78 is 65.2. The average molecular weight is 589 g/mol. The van der Waals surface area contributed by atoms with Crippen molar-refractivity contribution in [2.45, 2.75) is 17.6 Å². The fourth-order valence-corrected chi connectivity index (χ4v) is 5.58. The molecule has 0 aliphatic heterocycles. The number of nitrogens with zero attached hydrogens (tertiary/aromatic N) is 2. The van der Waals surface area contributed by atoms with Crippen LogP contribution in [0.15, 0.2) is 77.8 Å². The Hall–Kier alpha value is -3.87. The van der Waals surface area contributed by atoms with Crippen molar-refractivity contribution in [2.24, 2.45) is 0 Å². The van der Waals surface area contributed by atoms with Crippen molar-refractivity contribution in [3.8, 4) is 11.3 Å². The zero-order chi connectivity index (χ0) is 28.4. The van der Waals surface area contributed by atoms with Crippen molar-refractivity contribution in [3.05, 3.63) is 101 Å². The molecule has 2 N–H and O–H groups in total. The van der Waals surface area contributed by atoms with Crippen molar-refractivity contribution < 1.29 is 26.0 Å². The summed E-state index contributed by atoms with van der Waals surface area (Å²) in [6, 6.07) is 16.4. The summed E-state index contributed by atoms with van der Waals surface area (Å²) in [5.41, 5.74) is 1.94. The maximum Gasteiger partial charge on any atom is 0.258 e. The molecule has 0 unspecified atom stereocenters. The summed E-state index contributed by atoms with van der Waals surface area (Å²) in [4.78, 5) is 21.1. The highest BCUT2D eigenvalue weighted by Crippen LogP contribution is 2.26. The second kappa shape index (κ2) is 11.1. The number of anilines is 2. The first-order valence-electron chi connectivity index (χ1n) is 11.3. The Labute approximate surface area is 230 Å². The lowest BCUT2D eigenvalue weighted by atomic mass is 10.1. The normalized spacial score (nSPS) is 11.7. The molecule has 9 nitrogen and oxygen atoms in total. The highest BCUT2D eigenvalue weighted by molar-refractivity contribution is 7.92. The SMILES string of the molecule is Cc1ccc(S(=O)(=O)Cc2ccc(NC(=O)c3cc(-c4cnc(Cl)c(NS(C)(=O)=O)n4)ccc3F)cc2)cc1. The van der Waals surface area contributed by atoms with Crippen LogP contribution in [0.2, 0.25) is 5.15 Å². The number of carbonyl (C=O) groups excluding carboxylic acids is 1. The van der Waals surface area contributed by atoms with Crippen molar-refractivity contribution in [3.63, 3.8) is 0 Å². The van der Waals surface area contributed by atoms with Gasteiger partial charge in [-0.05, 0) is 55.0 Å². The zero-order valence-electron chi connectivity index (χ0n) is 20.6. The molecule has 4 rings (SSSR count). The number of aromatic nitrogens is 2. The van der Waals surface area contributed by atoms with Crippen molar-refractivity contribution in [2.75, 3.05) is 16.3 Å². The van der Waals surface area contributed by atoms with E-state index in [1.165, 1.54) is 30.5 Å². The van der Waals surface area contributed by atoms with Gasteiger partial charge in [0.15, 0.2) is 20.8 Å². The highest BCUT2D eigenvalue weighted by atomic mass is 35.5. The first-order chi connectivity index (χ1) is 18.3. The van der Waals surface area contributed by atoms with E-state index < -0.39 is 31.6 Å². The molecule has 202 valence electrons. The fourth-order valence-electron chi connectivity index (χ4n) is 3.54. The molecule has 0 saturated heterocycles. The number of carbonyl (C=O) groups is 1. The molecule has 1 amide bonds. The Kier molecular flexibility index (Phi) is 8.00. The monoisotopic (exact) mass is 588 g/mol. The number of benzene rings is 3. The Balaban J connectivity index is 1.51. The van der Waals surface area contributed by atoms with E-state index in [1.807, 2.05) is 6.92 Å². The van der Waals surface area contributed by atoms with E-state index in [1.54, 1.807) is 36.4 Å². The van der Waals surface area contributed by atoms with Gasteiger partial charge in [0.05, 0.1) is 34.4 Å². The third kappa shape index (κ3) is 7.16. The topological polar surface area (TPSA) is 135 Å². The number of sulfonamides is 1. The van der Waals surface area contributed by atoms with Crippen molar-refractivity contribution in [1.82, 2.24) is 9.97 Å². The summed E-state index contributed by atoms with van der Waals surface area (Å²) in [6.07, 6.45) is 2.18. The van der Waals surface area contributed by atoms with Crippen LogP contribution in [0.3, 0.4) is 0 Å². The standard InChI is InChI=1S/C26H22ClFN4O5S2/c1-16-3-10-20(11-4-16)39(36,37)15-17-5-8-19(9-6-17)30-26(33)21-13-18(7-12-22(21)28)23-14-29-24(27)25(31-23)32-38(2,34)35/h3-14H,15H2,1-2H3,(H,30,33)(H,31,32). The van der Waals surface area contributed by atoms with Crippen LogP contribution >= 0.6 is 11.6 Å². The van der Waals surface area contributed by atoms with E-state index in [0.29, 0.717) is 16.8 Å². The van der Waals surface area contributed by atoms with Gasteiger partial charge in [0.2, 0.25) is 10.0 Å². The molecule has 0 aliphatic rings. The van der Waals surface area contributed by atoms with Crippen LogP contribution in [0.25, 0.3) is 11.3 Å². The minimum atomic E-state index is -3.69. The molecule has 4 aromatic rings. The van der Waals surface area contributed by atoms with Crippen LogP contribution in [0, 0.1) is 12.7 Å². The maximum absolute atomic E-state index is 14.6. The van der Waals surface area contributed by atoms with Gasteiger partial charge < -0.3 is 5.32 Å². The highest BCUT2D eigenvalue weighted by Gasteiger charge is 2.18. The van der Waals surface area contributed by atoms with Gasteiger partial charge in [-0.15, -0.1) is 0 Å². The van der Waals surface area contributed by atoms with Gasteiger partial charge in [-0.1, -0.05) is 41.4 Å². The first-order valence-corrected chi connectivity index (χ1v) is 15.2. The minimum Gasteiger partial charge on any atom is -0.322 e. The first kappa shape index (κ1) is 28.1. The third-order valence-corrected chi connectivity index (χ3v) is 8.01. The van der Waals surface area contributed by atoms with Gasteiger partial charge in [0, 0.05) is 11.3 Å². The van der Waals surface area contributed by atoms with Gasteiger partial charge in [0.25, 0.3) is 5.91 Å². The fraction of sp³-hybridized carbons (Fsp3) is 0.115. The number of hydrogen-bond acceptors (Lipinski definition) is 7. The molecular formula is C26H22ClFN4O5S2. The largest absolute Gasteiger partial charge is 0.322 e. The molecule has 0 radical (unpaired) electrons. The third-order valence-electron chi connectivity index (χ3n) is 5.47. The minimum absolute atomic E-state index is 0.152. The Morgan fingerprint density at radius 1 is 0.974 bits per heavy atom. The maximum atomic E-state index is 14.6. The van der Waals surface area contributed by atoms with Gasteiger partial charge in [-0.2, -0.15) is 0 Å². The Morgan fingerprint density at radius 2 is 1.64 bits per heavy atom. The van der Waals surface area contributed by atoms with Crippen LogP contribution in [0.1, 0.15) is 21.5 Å². The van der Waals surface area contributed by atoms with Crippen LogP contribution in [0.5, 0.6) is 0 Å². The molecule has 0 atom stereocenters. The molecule has 0 aliphatic carbocycles. The van der Waals surface area contributed by atoms with Crippen LogP contribution in [-0.2, 0) is 25.6 Å². The van der Waals surface area contributed by atoms with Gasteiger partial charge in [-0.3, -0.25) is 9.52 Å². The number of aryl methyl sites for hydroxylation is 1. The van der Waals surface area contributed by atoms with Gasteiger partial charge >= 0.3 is 0 Å². The average Bonchev–Trinajstić information content (AvgIpc) is 2.86. The van der Waals surface area contributed by atoms with E-state index in [2.05, 4.69) is 20.0 Å². The Morgan fingerprint density at radius 3 is 2.28 bits per heavy atom. The molecular weight excluding hydrogens is 567 g/mol. The molecule has 13 heteroatoms. The molecule has 3 aromatic carbocycles. The summed E-state index contributed by atoms with van der Waals surface area (Å²) in [7, 11) is -7.24. The number of hydrogen-bond donors (Lipinski definition) is 2. The summed E-state index contributed by atoms with van der Waals surface area (Å²) >= 11 is 5.91. The van der Waals surface area contributed by atoms with E-state index in [0.717, 1.165) is 17.9 Å². The molecule has 0 saturated carbocycles. The zero-order valence-corrected chi connectivity index (χ0v) is 23.0. The van der Waals surface area contributed by atoms with Crippen LogP contribution in [-0.4, -0.2) is 39.0 Å². The smallest absolute Gasteiger partial charge is 0.258 e. The second-order valence-electron chi connectivity index (χ2n) is 8.69. The van der Waals surface area contributed by atoms with Crippen molar-refractivity contribution in [1.29, 1.82) is 0 Å². The molecule has 39 heavy (non-hydrogen) atoms. The van der Waals surface area contributed by atoms with Gasteiger partial charge in [-0.25, -0.2) is 31.2 Å². The van der Waals surface area contributed by atoms with Crippen LogP contribution in [0.4, 0.5) is 15.9 Å². The number of rotatable bonds is 8. The van der Waals surface area contributed by atoms with Gasteiger partial charge in [0.1, 0.15) is 5.82 Å². The summed E-state index contributed by atoms with van der Waals surface area (Å²) in [5, 5.41) is 2.40. The molecule has 1 aromatic heterocycles. The number of halogens is 2. The quantitative estimate of drug-likeness (QED) is 0.300. The summed E-state index contributed by atoms with van der Waals surface area (Å²) in [5.74, 6) is -1.99. The molecule has 0 bridgehead atoms. The molecule has 0 spiro atoms. The van der Waals surface area contributed by atoms with E-state index in [4.69, 9.17) is 11.6 Å². The number of sulfone groups is 1. The van der Waals surface area contributed by atoms with Crippen molar-refractivity contribution >= 4 is 48.9 Å². The van der Waals surface area contributed by atoms with E-state index in [-0.39, 0.29) is 32.9 Å². The second-order valence-corrected chi connectivity index (χ2v) is 12.8. The predicted octanol–water partition coefficient (Wildman–Crippen LogP) is 4.84. The lowest BCUT2D eigenvalue weighted by molar-refractivity contribution is 0.102. The summed E-state index contributed by atoms with van der Waals surface area (Å²) in [6.45, 7) is 1.87. The Bertz CT molecular complexity index is 1760. The predicted molar refractivity (Wildman–Crippen MR) is 147 cm³/mol. The van der Waals surface area contributed by atoms with E-state index in [9.17, 15) is 26.0 Å². The lowest BCUT2D eigenvalue weighted by Crippen LogP contribution is -2.14. The van der Waals surface area contributed by atoms with Crippen LogP contribution < -0.4 is 10.0 Å². The lowest BCUT2D eigenvalue weighted by Gasteiger charge is -2.10. The van der Waals surface area contributed by atoms with E-state index >= 15 is 0 Å². The molecule has 1 heterocycles. The number of nitrogens with one attached hydrogen (secondary N) is 2. The molecule has 0 fully saturated rings. The number of amides is 1.